The third-order valence-corrected chi connectivity index (χ3v) is 4.94. The Hall–Kier alpha value is -3.28. The molecule has 6 heteroatoms. The van der Waals surface area contributed by atoms with Gasteiger partial charge < -0.3 is 19.9 Å². The lowest BCUT2D eigenvalue weighted by atomic mass is 10.2. The van der Waals surface area contributed by atoms with Gasteiger partial charge in [-0.15, -0.1) is 0 Å². The van der Waals surface area contributed by atoms with E-state index in [1.807, 2.05) is 18.2 Å². The van der Waals surface area contributed by atoms with Crippen molar-refractivity contribution < 1.29 is 4.74 Å². The van der Waals surface area contributed by atoms with E-state index in [9.17, 15) is 0 Å². The molecule has 1 fully saturated rings. The molecule has 4 rings (SSSR count). The van der Waals surface area contributed by atoms with Crippen LogP contribution in [0.25, 0.3) is 0 Å². The molecule has 0 aliphatic carbocycles. The largest absolute Gasteiger partial charge is 0.495 e. The Kier molecular flexibility index (Phi) is 5.28. The Labute approximate surface area is 165 Å². The monoisotopic (exact) mass is 375 g/mol. The first-order valence-electron chi connectivity index (χ1n) is 9.52. The summed E-state index contributed by atoms with van der Waals surface area (Å²) in [5.41, 5.74) is 3.33. The molecule has 144 valence electrons. The molecule has 2 aromatic carbocycles. The third kappa shape index (κ3) is 4.01. The molecule has 6 nitrogen and oxygen atoms in total. The van der Waals surface area contributed by atoms with Gasteiger partial charge >= 0.3 is 0 Å². The fourth-order valence-electron chi connectivity index (χ4n) is 3.43. The van der Waals surface area contributed by atoms with Gasteiger partial charge in [-0.1, -0.05) is 24.3 Å². The first-order chi connectivity index (χ1) is 13.7. The number of piperazine rings is 1. The average Bonchev–Trinajstić information content (AvgIpc) is 2.75. The molecular weight excluding hydrogens is 350 g/mol. The second-order valence-corrected chi connectivity index (χ2v) is 6.88. The number of benzene rings is 2. The first-order valence-corrected chi connectivity index (χ1v) is 9.52. The maximum Gasteiger partial charge on any atom is 0.227 e. The van der Waals surface area contributed by atoms with E-state index in [-0.39, 0.29) is 0 Å². The molecule has 1 aromatic heterocycles. The molecule has 3 aromatic rings. The number of hydrogen-bond donors (Lipinski definition) is 1. The van der Waals surface area contributed by atoms with Gasteiger partial charge in [0.1, 0.15) is 11.6 Å². The molecule has 0 bridgehead atoms. The highest BCUT2D eigenvalue weighted by Crippen LogP contribution is 2.28. The van der Waals surface area contributed by atoms with Crippen LogP contribution in [-0.2, 0) is 0 Å². The number of hydrogen-bond acceptors (Lipinski definition) is 6. The summed E-state index contributed by atoms with van der Waals surface area (Å²) in [5, 5.41) is 3.37. The van der Waals surface area contributed by atoms with Gasteiger partial charge in [-0.2, -0.15) is 4.98 Å². The molecule has 0 atom stereocenters. The summed E-state index contributed by atoms with van der Waals surface area (Å²) in [6.45, 7) is 5.76. The zero-order chi connectivity index (χ0) is 19.3. The summed E-state index contributed by atoms with van der Waals surface area (Å²) in [4.78, 5) is 13.8. The van der Waals surface area contributed by atoms with Gasteiger partial charge in [0.25, 0.3) is 0 Å². The topological polar surface area (TPSA) is 53.5 Å². The Morgan fingerprint density at radius 2 is 1.68 bits per heavy atom. The van der Waals surface area contributed by atoms with Gasteiger partial charge in [-0.05, 0) is 42.8 Å². The molecule has 0 saturated carbocycles. The Balaban J connectivity index is 1.45. The van der Waals surface area contributed by atoms with E-state index >= 15 is 0 Å². The number of rotatable bonds is 5. The van der Waals surface area contributed by atoms with E-state index in [4.69, 9.17) is 9.72 Å². The molecule has 0 unspecified atom stereocenters. The molecule has 0 spiro atoms. The van der Waals surface area contributed by atoms with Crippen molar-refractivity contribution in [1.82, 2.24) is 9.97 Å². The molecule has 2 heterocycles. The van der Waals surface area contributed by atoms with Gasteiger partial charge in [-0.3, -0.25) is 0 Å². The number of aromatic nitrogens is 2. The maximum absolute atomic E-state index is 5.45. The fourth-order valence-corrected chi connectivity index (χ4v) is 3.43. The van der Waals surface area contributed by atoms with Crippen LogP contribution in [0, 0.1) is 6.92 Å². The number of nitrogens with one attached hydrogen (secondary N) is 1. The van der Waals surface area contributed by atoms with E-state index in [1.165, 1.54) is 5.69 Å². The standard InChI is InChI=1S/C22H25N5O/c1-17-8-9-20(28-2)19(16-17)24-21-10-11-23-22(25-21)27-14-12-26(13-15-27)18-6-4-3-5-7-18/h3-11,16H,12-15H2,1-2H3,(H,23,24,25). The van der Waals surface area contributed by atoms with Crippen molar-refractivity contribution in [3.63, 3.8) is 0 Å². The molecule has 28 heavy (non-hydrogen) atoms. The molecule has 1 aliphatic rings. The predicted octanol–water partition coefficient (Wildman–Crippen LogP) is 3.86. The number of para-hydroxylation sites is 1. The van der Waals surface area contributed by atoms with Crippen molar-refractivity contribution in [3.8, 4) is 5.75 Å². The Morgan fingerprint density at radius 1 is 0.929 bits per heavy atom. The minimum atomic E-state index is 0.754. The van der Waals surface area contributed by atoms with E-state index in [0.29, 0.717) is 0 Å². The molecule has 0 amide bonds. The van der Waals surface area contributed by atoms with Gasteiger partial charge in [-0.25, -0.2) is 4.98 Å². The van der Waals surface area contributed by atoms with E-state index in [2.05, 4.69) is 63.4 Å². The zero-order valence-corrected chi connectivity index (χ0v) is 16.3. The van der Waals surface area contributed by atoms with Gasteiger partial charge in [0, 0.05) is 38.1 Å². The minimum absolute atomic E-state index is 0.754. The number of methoxy groups -OCH3 is 1. The highest BCUT2D eigenvalue weighted by molar-refractivity contribution is 5.65. The second-order valence-electron chi connectivity index (χ2n) is 6.88. The van der Waals surface area contributed by atoms with Crippen LogP contribution in [0.4, 0.5) is 23.1 Å². The lowest BCUT2D eigenvalue weighted by Crippen LogP contribution is -2.47. The highest BCUT2D eigenvalue weighted by atomic mass is 16.5. The third-order valence-electron chi connectivity index (χ3n) is 4.94. The van der Waals surface area contributed by atoms with Crippen molar-refractivity contribution in [2.75, 3.05) is 48.4 Å². The molecule has 1 N–H and O–H groups in total. The van der Waals surface area contributed by atoms with Crippen LogP contribution < -0.4 is 19.9 Å². The summed E-state index contributed by atoms with van der Waals surface area (Å²) < 4.78 is 5.45. The van der Waals surface area contributed by atoms with Crippen LogP contribution in [0.1, 0.15) is 5.56 Å². The highest BCUT2D eigenvalue weighted by Gasteiger charge is 2.19. The van der Waals surface area contributed by atoms with Crippen molar-refractivity contribution >= 4 is 23.1 Å². The number of nitrogens with zero attached hydrogens (tertiary/aromatic N) is 4. The molecule has 0 radical (unpaired) electrons. The fraction of sp³-hybridized carbons (Fsp3) is 0.273. The quantitative estimate of drug-likeness (QED) is 0.731. The first kappa shape index (κ1) is 18.1. The van der Waals surface area contributed by atoms with Crippen molar-refractivity contribution in [3.05, 3.63) is 66.4 Å². The summed E-state index contributed by atoms with van der Waals surface area (Å²) in [5.74, 6) is 2.31. The summed E-state index contributed by atoms with van der Waals surface area (Å²) >= 11 is 0. The molecular formula is C22H25N5O. The van der Waals surface area contributed by atoms with Crippen LogP contribution in [0.15, 0.2) is 60.8 Å². The summed E-state index contributed by atoms with van der Waals surface area (Å²) in [6, 6.07) is 18.5. The normalized spacial score (nSPS) is 14.1. The van der Waals surface area contributed by atoms with Crippen molar-refractivity contribution in [1.29, 1.82) is 0 Å². The smallest absolute Gasteiger partial charge is 0.227 e. The van der Waals surface area contributed by atoms with Gasteiger partial charge in [0.15, 0.2) is 0 Å². The lowest BCUT2D eigenvalue weighted by molar-refractivity contribution is 0.416. The van der Waals surface area contributed by atoms with Crippen LogP contribution in [-0.4, -0.2) is 43.3 Å². The summed E-state index contributed by atoms with van der Waals surface area (Å²) in [7, 11) is 1.67. The number of anilines is 4. The number of ether oxygens (including phenoxy) is 1. The predicted molar refractivity (Wildman–Crippen MR) is 114 cm³/mol. The van der Waals surface area contributed by atoms with Gasteiger partial charge in [0.05, 0.1) is 12.8 Å². The van der Waals surface area contributed by atoms with E-state index in [0.717, 1.165) is 54.9 Å². The second kappa shape index (κ2) is 8.17. The SMILES string of the molecule is COc1ccc(C)cc1Nc1ccnc(N2CCN(c3ccccc3)CC2)n1. The Morgan fingerprint density at radius 3 is 2.43 bits per heavy atom. The van der Waals surface area contributed by atoms with Crippen molar-refractivity contribution in [2.45, 2.75) is 6.92 Å². The van der Waals surface area contributed by atoms with Crippen LogP contribution in [0.2, 0.25) is 0 Å². The summed E-state index contributed by atoms with van der Waals surface area (Å²) in [6.07, 6.45) is 1.80. The van der Waals surface area contributed by atoms with Gasteiger partial charge in [0.2, 0.25) is 5.95 Å². The lowest BCUT2D eigenvalue weighted by Gasteiger charge is -2.36. The Bertz CT molecular complexity index is 923. The minimum Gasteiger partial charge on any atom is -0.495 e. The number of aryl methyl sites for hydroxylation is 1. The van der Waals surface area contributed by atoms with E-state index in [1.54, 1.807) is 13.3 Å². The average molecular weight is 375 g/mol. The molecule has 1 aliphatic heterocycles. The maximum atomic E-state index is 5.45. The van der Waals surface area contributed by atoms with Crippen molar-refractivity contribution in [2.24, 2.45) is 0 Å². The zero-order valence-electron chi connectivity index (χ0n) is 16.3. The van der Waals surface area contributed by atoms with Crippen LogP contribution >= 0.6 is 0 Å². The van der Waals surface area contributed by atoms with Crippen LogP contribution in [0.3, 0.4) is 0 Å². The van der Waals surface area contributed by atoms with E-state index < -0.39 is 0 Å². The molecule has 1 saturated heterocycles. The van der Waals surface area contributed by atoms with Crippen LogP contribution in [0.5, 0.6) is 5.75 Å².